The van der Waals surface area contributed by atoms with E-state index in [-0.39, 0.29) is 53.1 Å². The van der Waals surface area contributed by atoms with Crippen LogP contribution < -0.4 is 21.3 Å². The Morgan fingerprint density at radius 1 is 0.326 bits per heavy atom. The van der Waals surface area contributed by atoms with Crippen molar-refractivity contribution in [3.63, 3.8) is 0 Å². The number of likely N-dealkylation sites (tertiary alicyclic amines) is 4. The molecule has 0 unspecified atom stereocenters. The molecular formula is C102H113BrClFN16O8. The Morgan fingerprint density at radius 2 is 0.620 bits per heavy atom. The van der Waals surface area contributed by atoms with Gasteiger partial charge in [-0.25, -0.2) is 4.39 Å². The first-order chi connectivity index (χ1) is 62.6. The maximum atomic E-state index is 13.8. The zero-order valence-electron chi connectivity index (χ0n) is 74.1. The monoisotopic (exact) mass is 1820 g/mol. The summed E-state index contributed by atoms with van der Waals surface area (Å²) >= 11 is 9.65. The van der Waals surface area contributed by atoms with Crippen LogP contribution in [-0.2, 0) is 44.9 Å². The van der Waals surface area contributed by atoms with Crippen molar-refractivity contribution in [1.29, 1.82) is 0 Å². The van der Waals surface area contributed by atoms with Gasteiger partial charge >= 0.3 is 0 Å². The van der Waals surface area contributed by atoms with E-state index in [1.165, 1.54) is 63.5 Å². The van der Waals surface area contributed by atoms with Gasteiger partial charge in [-0.1, -0.05) is 63.9 Å². The molecule has 4 aromatic heterocycles. The van der Waals surface area contributed by atoms with Gasteiger partial charge in [-0.15, -0.1) is 0 Å². The highest BCUT2D eigenvalue weighted by Gasteiger charge is 2.37. The average Bonchev–Trinajstić information content (AvgIpc) is 1.63. The van der Waals surface area contributed by atoms with E-state index in [0.717, 1.165) is 322 Å². The zero-order chi connectivity index (χ0) is 89.3. The molecule has 12 aliphatic rings. The van der Waals surface area contributed by atoms with Crippen LogP contribution in [0.2, 0.25) is 5.02 Å². The lowest BCUT2D eigenvalue weighted by molar-refractivity contribution is -0.111. The molecule has 0 aliphatic carbocycles. The van der Waals surface area contributed by atoms with E-state index in [1.54, 1.807) is 24.3 Å². The number of rotatable bonds is 17. The SMILES string of the molecule is Cc1c(/C=C2\C(=O)Nc3ccc(-c4ccccc4)cc32)[nH]c2c1C(=O)N(CCN1CCCC1)CCC2.Cc1c(/C=C2\C(=O)Nc3ccc(Br)cc32)[nH]c2c1C(=O)N(CCN1CCCC1)CCC2.Cc1c(/C=C2\C(=O)Nc3ccc(Cl)cc32)[nH]c2c1C(=O)N(CCN1CCCC1)CCC2.Cc1c(/C=C2\C(=O)Nc3ccc(F)cc32)[nH]c2c1C(=O)N(CCN1CCCC1)CCC2. The van der Waals surface area contributed by atoms with Crippen molar-refractivity contribution < 1.29 is 42.7 Å². The van der Waals surface area contributed by atoms with Crippen LogP contribution in [0.1, 0.15) is 209 Å². The van der Waals surface area contributed by atoms with Gasteiger partial charge in [0.15, 0.2) is 0 Å². The van der Waals surface area contributed by atoms with Crippen LogP contribution in [-0.4, -0.2) is 237 Å². The number of aromatic amines is 4. The first-order valence-corrected chi connectivity index (χ1v) is 47.4. The third-order valence-corrected chi connectivity index (χ3v) is 28.5. The van der Waals surface area contributed by atoms with E-state index in [2.05, 4.69) is 94.9 Å². The lowest BCUT2D eigenvalue weighted by Crippen LogP contribution is -2.38. The topological polar surface area (TPSA) is 274 Å². The summed E-state index contributed by atoms with van der Waals surface area (Å²) in [5.41, 5.74) is 24.3. The second kappa shape index (κ2) is 38.6. The Bertz CT molecular complexity index is 5640. The second-order valence-electron chi connectivity index (χ2n) is 36.1. The van der Waals surface area contributed by atoms with Gasteiger partial charge in [0.05, 0.1) is 44.5 Å². The first-order valence-electron chi connectivity index (χ1n) is 46.3. The van der Waals surface area contributed by atoms with Crippen molar-refractivity contribution >= 4 is 144 Å². The fourth-order valence-electron chi connectivity index (χ4n) is 20.6. The molecule has 8 amide bonds. The number of hydrogen-bond acceptors (Lipinski definition) is 12. The largest absolute Gasteiger partial charge is 0.358 e. The molecule has 129 heavy (non-hydrogen) atoms. The number of aromatic nitrogens is 4. The number of aryl methyl sites for hydroxylation is 4. The van der Waals surface area contributed by atoms with Gasteiger partial charge in [-0.3, -0.25) is 38.4 Å². The Hall–Kier alpha value is -11.5. The van der Waals surface area contributed by atoms with E-state index < -0.39 is 0 Å². The minimum absolute atomic E-state index is 0.0624. The highest BCUT2D eigenvalue weighted by atomic mass is 79.9. The first kappa shape index (κ1) is 88.1. The van der Waals surface area contributed by atoms with Gasteiger partial charge in [-0.05, 0) is 307 Å². The quantitative estimate of drug-likeness (QED) is 0.0395. The van der Waals surface area contributed by atoms with Gasteiger partial charge in [0.25, 0.3) is 47.3 Å². The van der Waals surface area contributed by atoms with Crippen molar-refractivity contribution in [1.82, 2.24) is 59.1 Å². The van der Waals surface area contributed by atoms with Crippen molar-refractivity contribution in [2.24, 2.45) is 0 Å². The van der Waals surface area contributed by atoms with Crippen molar-refractivity contribution in [2.45, 2.75) is 130 Å². The van der Waals surface area contributed by atoms with Crippen LogP contribution in [0, 0.1) is 33.5 Å². The highest BCUT2D eigenvalue weighted by molar-refractivity contribution is 9.10. The van der Waals surface area contributed by atoms with Gasteiger partial charge in [0, 0.05) is 179 Å². The number of amides is 8. The lowest BCUT2D eigenvalue weighted by Gasteiger charge is -2.24. The minimum Gasteiger partial charge on any atom is -0.358 e. The fraction of sp³-hybridized carbons (Fsp3) is 0.392. The van der Waals surface area contributed by atoms with E-state index in [0.29, 0.717) is 38.6 Å². The summed E-state index contributed by atoms with van der Waals surface area (Å²) in [6, 6.07) is 31.7. The molecule has 9 aromatic rings. The van der Waals surface area contributed by atoms with Crippen molar-refractivity contribution in [3.8, 4) is 11.1 Å². The fourth-order valence-corrected chi connectivity index (χ4v) is 21.1. The lowest BCUT2D eigenvalue weighted by atomic mass is 9.98. The third-order valence-electron chi connectivity index (χ3n) is 27.8. The van der Waals surface area contributed by atoms with E-state index in [9.17, 15) is 42.7 Å². The van der Waals surface area contributed by atoms with Gasteiger partial charge in [0.1, 0.15) is 5.82 Å². The molecule has 0 saturated carbocycles. The molecule has 24 nitrogen and oxygen atoms in total. The smallest absolute Gasteiger partial charge is 0.256 e. The Kier molecular flexibility index (Phi) is 26.4. The summed E-state index contributed by atoms with van der Waals surface area (Å²) in [6.45, 7) is 27.0. The number of carbonyl (C=O) groups is 8. The number of hydrogen-bond donors (Lipinski definition) is 8. The predicted octanol–water partition coefficient (Wildman–Crippen LogP) is 16.4. The maximum absolute atomic E-state index is 13.8. The van der Waals surface area contributed by atoms with Crippen molar-refractivity contribution in [3.05, 3.63) is 231 Å². The molecule has 0 spiro atoms. The van der Waals surface area contributed by atoms with Gasteiger partial charge in [0.2, 0.25) is 0 Å². The summed E-state index contributed by atoms with van der Waals surface area (Å²) in [6.07, 6.45) is 24.5. The molecule has 16 heterocycles. The number of benzene rings is 5. The Balaban J connectivity index is 0.000000116. The molecule has 8 N–H and O–H groups in total. The van der Waals surface area contributed by atoms with E-state index in [4.69, 9.17) is 11.6 Å². The summed E-state index contributed by atoms with van der Waals surface area (Å²) in [5, 5.41) is 12.2. The van der Waals surface area contributed by atoms with Gasteiger partial charge < -0.3 is 80.4 Å². The molecule has 0 radical (unpaired) electrons. The number of carbonyl (C=O) groups excluding carboxylic acids is 8. The summed E-state index contributed by atoms with van der Waals surface area (Å²) in [5.74, 6) is -0.634. The maximum Gasteiger partial charge on any atom is 0.256 e. The highest BCUT2D eigenvalue weighted by Crippen LogP contribution is 2.43. The van der Waals surface area contributed by atoms with Crippen LogP contribution in [0.15, 0.2) is 108 Å². The average molecular weight is 1830 g/mol. The molecule has 0 atom stereocenters. The normalized spacial score (nSPS) is 19.8. The van der Waals surface area contributed by atoms with E-state index in [1.807, 2.05) is 120 Å². The minimum atomic E-state index is -0.385. The van der Waals surface area contributed by atoms with Crippen molar-refractivity contribution in [2.75, 3.05) is 152 Å². The number of H-pyrrole nitrogens is 4. The predicted molar refractivity (Wildman–Crippen MR) is 512 cm³/mol. The Labute approximate surface area is 765 Å². The van der Waals surface area contributed by atoms with Crippen LogP contribution >= 0.6 is 27.5 Å². The summed E-state index contributed by atoms with van der Waals surface area (Å²) in [4.78, 5) is 136. The molecular weight excluding hydrogens is 1710 g/mol. The summed E-state index contributed by atoms with van der Waals surface area (Å²) in [7, 11) is 0. The molecule has 670 valence electrons. The molecule has 0 bridgehead atoms. The third kappa shape index (κ3) is 18.9. The Morgan fingerprint density at radius 3 is 0.961 bits per heavy atom. The molecule has 5 aromatic carbocycles. The van der Waals surface area contributed by atoms with Crippen LogP contribution in [0.25, 0.3) is 57.7 Å². The number of halogens is 3. The van der Waals surface area contributed by atoms with Crippen LogP contribution in [0.5, 0.6) is 0 Å². The molecule has 12 aliphatic heterocycles. The molecule has 21 rings (SSSR count). The molecule has 4 fully saturated rings. The number of nitrogens with zero attached hydrogens (tertiary/aromatic N) is 8. The van der Waals surface area contributed by atoms with Crippen LogP contribution in [0.4, 0.5) is 27.1 Å². The number of anilines is 4. The molecule has 4 saturated heterocycles. The van der Waals surface area contributed by atoms with Crippen LogP contribution in [0.3, 0.4) is 0 Å². The summed E-state index contributed by atoms with van der Waals surface area (Å²) < 4.78 is 14.7. The number of nitrogens with one attached hydrogen (secondary N) is 8. The van der Waals surface area contributed by atoms with E-state index >= 15 is 0 Å². The molecule has 27 heteroatoms. The van der Waals surface area contributed by atoms with Gasteiger partial charge in [-0.2, -0.15) is 0 Å². The standard InChI is InChI=1S/C30H32N4O2.C24H27BrN4O2.C24H27ClN4O2.C24H27FN4O2/c1-20-27(31-26-10-7-15-34(30(36)28(20)26)17-16-33-13-5-6-14-33)19-24-23-18-22(21-8-3-2-4-9-21)11-12-25(23)32-29(24)35;3*1-15-21(14-18-17-13-16(25)6-7-19(17)27-23(18)30)26-20-5-4-10-29(24(31)22(15)20)12-11-28-8-2-3-9-28/h2-4,8-9,11-12,18-19,31H,5-7,10,13-17H2,1H3,(H,32,35);3*6-7,13-14,26H,2-5,8-12H2,1H3,(H,27,30)/b24-19-;3*18-14-. The zero-order valence-corrected chi connectivity index (χ0v) is 76.4. The second-order valence-corrected chi connectivity index (χ2v) is 37.4. The number of fused-ring (bicyclic) bond motifs is 8.